The molecule has 1 atom stereocenters. The Morgan fingerprint density at radius 3 is 3.00 bits per heavy atom. The zero-order valence-corrected chi connectivity index (χ0v) is 14.5. The third-order valence-electron chi connectivity index (χ3n) is 4.82. The largest absolute Gasteiger partial charge is 0.348 e. The van der Waals surface area contributed by atoms with E-state index in [4.69, 9.17) is 0 Å². The van der Waals surface area contributed by atoms with Gasteiger partial charge in [-0.3, -0.25) is 14.6 Å². The van der Waals surface area contributed by atoms with E-state index in [1.165, 1.54) is 18.5 Å². The Kier molecular flexibility index (Phi) is 4.56. The number of piperidine rings is 1. The minimum Gasteiger partial charge on any atom is -0.348 e. The van der Waals surface area contributed by atoms with Crippen molar-refractivity contribution in [2.45, 2.75) is 32.9 Å². The molecule has 1 fully saturated rings. The first-order valence-corrected chi connectivity index (χ1v) is 8.80. The molecule has 25 heavy (non-hydrogen) atoms. The number of nitrogens with one attached hydrogen (secondary N) is 1. The van der Waals surface area contributed by atoms with Crippen LogP contribution in [0.2, 0.25) is 0 Å². The van der Waals surface area contributed by atoms with Crippen LogP contribution in [0, 0.1) is 12.8 Å². The van der Waals surface area contributed by atoms with Crippen LogP contribution in [0.3, 0.4) is 0 Å². The topological polar surface area (TPSA) is 75.5 Å². The predicted octanol–water partition coefficient (Wildman–Crippen LogP) is 2.28. The molecule has 1 aliphatic rings. The van der Waals surface area contributed by atoms with Gasteiger partial charge in [0, 0.05) is 31.5 Å². The summed E-state index contributed by atoms with van der Waals surface area (Å²) >= 11 is 0. The molecule has 0 unspecified atom stereocenters. The van der Waals surface area contributed by atoms with Crippen molar-refractivity contribution in [2.75, 3.05) is 13.1 Å². The van der Waals surface area contributed by atoms with Gasteiger partial charge in [0.1, 0.15) is 5.69 Å². The second kappa shape index (κ2) is 7.14. The van der Waals surface area contributed by atoms with Crippen molar-refractivity contribution in [3.63, 3.8) is 0 Å². The van der Waals surface area contributed by atoms with Gasteiger partial charge in [-0.2, -0.15) is 0 Å². The summed E-state index contributed by atoms with van der Waals surface area (Å²) in [6, 6.07) is 5.84. The lowest BCUT2D eigenvalue weighted by atomic mass is 9.98. The van der Waals surface area contributed by atoms with Crippen LogP contribution in [0.1, 0.15) is 24.2 Å². The highest BCUT2D eigenvalue weighted by atomic mass is 15.4. The monoisotopic (exact) mass is 337 g/mol. The van der Waals surface area contributed by atoms with Gasteiger partial charge in [0.05, 0.1) is 23.9 Å². The smallest absolute Gasteiger partial charge is 0.131 e. The Morgan fingerprint density at radius 1 is 1.24 bits per heavy atom. The van der Waals surface area contributed by atoms with Crippen molar-refractivity contribution in [3.05, 3.63) is 48.3 Å². The van der Waals surface area contributed by atoms with Crippen molar-refractivity contribution in [2.24, 2.45) is 5.92 Å². The lowest BCUT2D eigenvalue weighted by molar-refractivity contribution is 0.151. The summed E-state index contributed by atoms with van der Waals surface area (Å²) < 4.78 is 1.96. The Morgan fingerprint density at radius 2 is 2.20 bits per heavy atom. The highest BCUT2D eigenvalue weighted by molar-refractivity contribution is 5.51. The summed E-state index contributed by atoms with van der Waals surface area (Å²) in [5.74, 6) is 0.589. The summed E-state index contributed by atoms with van der Waals surface area (Å²) in [7, 11) is 0. The number of imidazole rings is 1. The standard InChI is InChI=1S/C18H23N7/c1-14-17(21-13-20-14)11-24-8-4-5-15(9-24)10-25-12-18(22-23-25)16-6-2-3-7-19-16/h2-3,6-7,12-13,15H,4-5,8-11H2,1H3,(H,20,21)/t15-/m0/s1. The molecule has 4 heterocycles. The number of H-pyrrole nitrogens is 1. The van der Waals surface area contributed by atoms with Gasteiger partial charge >= 0.3 is 0 Å². The number of likely N-dealkylation sites (tertiary alicyclic amines) is 1. The average molecular weight is 337 g/mol. The third kappa shape index (κ3) is 3.76. The molecule has 4 rings (SSSR count). The van der Waals surface area contributed by atoms with Crippen LogP contribution in [0.25, 0.3) is 11.4 Å². The van der Waals surface area contributed by atoms with E-state index in [2.05, 4.69) is 37.1 Å². The van der Waals surface area contributed by atoms with Crippen LogP contribution in [0.4, 0.5) is 0 Å². The lowest BCUT2D eigenvalue weighted by Gasteiger charge is -2.32. The molecular weight excluding hydrogens is 314 g/mol. The van der Waals surface area contributed by atoms with Crippen LogP contribution < -0.4 is 0 Å². The molecule has 0 bridgehead atoms. The Labute approximate surface area is 147 Å². The third-order valence-corrected chi connectivity index (χ3v) is 4.82. The highest BCUT2D eigenvalue weighted by Gasteiger charge is 2.22. The number of hydrogen-bond acceptors (Lipinski definition) is 5. The molecule has 3 aromatic rings. The van der Waals surface area contributed by atoms with E-state index in [1.807, 2.05) is 29.1 Å². The maximum atomic E-state index is 4.42. The molecule has 0 amide bonds. The number of hydrogen-bond donors (Lipinski definition) is 1. The number of aryl methyl sites for hydroxylation is 1. The first kappa shape index (κ1) is 16.0. The highest BCUT2D eigenvalue weighted by Crippen LogP contribution is 2.21. The normalized spacial score (nSPS) is 18.5. The first-order valence-electron chi connectivity index (χ1n) is 8.80. The van der Waals surface area contributed by atoms with E-state index in [0.29, 0.717) is 5.92 Å². The quantitative estimate of drug-likeness (QED) is 0.773. The number of aromatic amines is 1. The number of rotatable bonds is 5. The summed E-state index contributed by atoms with van der Waals surface area (Å²) in [5.41, 5.74) is 4.02. The lowest BCUT2D eigenvalue weighted by Crippen LogP contribution is -2.36. The Bertz CT molecular complexity index is 808. The van der Waals surface area contributed by atoms with Crippen LogP contribution in [0.5, 0.6) is 0 Å². The molecular formula is C18H23N7. The maximum absolute atomic E-state index is 4.42. The number of aromatic nitrogens is 6. The van der Waals surface area contributed by atoms with E-state index in [9.17, 15) is 0 Å². The first-order chi connectivity index (χ1) is 12.3. The predicted molar refractivity (Wildman–Crippen MR) is 94.6 cm³/mol. The summed E-state index contributed by atoms with van der Waals surface area (Å²) in [6.45, 7) is 6.11. The van der Waals surface area contributed by atoms with Gasteiger partial charge in [-0.15, -0.1) is 5.10 Å². The van der Waals surface area contributed by atoms with Crippen LogP contribution in [0.15, 0.2) is 36.9 Å². The molecule has 0 radical (unpaired) electrons. The van der Waals surface area contributed by atoms with Crippen molar-refractivity contribution in [1.82, 2.24) is 34.8 Å². The number of nitrogens with zero attached hydrogens (tertiary/aromatic N) is 6. The van der Waals surface area contributed by atoms with E-state index in [-0.39, 0.29) is 0 Å². The van der Waals surface area contributed by atoms with Crippen LogP contribution in [-0.4, -0.2) is 47.9 Å². The summed E-state index contributed by atoms with van der Waals surface area (Å²) in [6.07, 6.45) is 8.01. The SMILES string of the molecule is Cc1[nH]cnc1CN1CCC[C@H](Cn2cc(-c3ccccn3)nn2)C1. The molecule has 1 saturated heterocycles. The minimum atomic E-state index is 0.589. The van der Waals surface area contributed by atoms with Crippen LogP contribution in [-0.2, 0) is 13.1 Å². The molecule has 0 aliphatic carbocycles. The molecule has 130 valence electrons. The molecule has 3 aromatic heterocycles. The van der Waals surface area contributed by atoms with Crippen molar-refractivity contribution in [3.8, 4) is 11.4 Å². The Hall–Kier alpha value is -2.54. The van der Waals surface area contributed by atoms with Gasteiger partial charge in [-0.05, 0) is 44.4 Å². The summed E-state index contributed by atoms with van der Waals surface area (Å²) in [4.78, 5) is 14.4. The maximum Gasteiger partial charge on any atom is 0.131 e. The van der Waals surface area contributed by atoms with Crippen molar-refractivity contribution in [1.29, 1.82) is 0 Å². The second-order valence-corrected chi connectivity index (χ2v) is 6.76. The van der Waals surface area contributed by atoms with E-state index in [0.717, 1.165) is 43.3 Å². The fourth-order valence-corrected chi connectivity index (χ4v) is 3.49. The zero-order valence-electron chi connectivity index (χ0n) is 14.5. The minimum absolute atomic E-state index is 0.589. The molecule has 7 heteroatoms. The fourth-order valence-electron chi connectivity index (χ4n) is 3.49. The fraction of sp³-hybridized carbons (Fsp3) is 0.444. The van der Waals surface area contributed by atoms with Crippen molar-refractivity contribution >= 4 is 0 Å². The summed E-state index contributed by atoms with van der Waals surface area (Å²) in [5, 5.41) is 8.56. The van der Waals surface area contributed by atoms with Gasteiger partial charge in [-0.25, -0.2) is 4.98 Å². The van der Waals surface area contributed by atoms with E-state index in [1.54, 1.807) is 12.5 Å². The molecule has 0 aromatic carbocycles. The van der Waals surface area contributed by atoms with Gasteiger partial charge in [-0.1, -0.05) is 11.3 Å². The molecule has 7 nitrogen and oxygen atoms in total. The second-order valence-electron chi connectivity index (χ2n) is 6.76. The Balaban J connectivity index is 1.38. The molecule has 1 N–H and O–H groups in total. The average Bonchev–Trinajstić information content (AvgIpc) is 3.26. The van der Waals surface area contributed by atoms with Gasteiger partial charge in [0.25, 0.3) is 0 Å². The zero-order chi connectivity index (χ0) is 17.1. The van der Waals surface area contributed by atoms with Gasteiger partial charge < -0.3 is 4.98 Å². The van der Waals surface area contributed by atoms with Gasteiger partial charge in [0.2, 0.25) is 0 Å². The van der Waals surface area contributed by atoms with E-state index < -0.39 is 0 Å². The van der Waals surface area contributed by atoms with E-state index >= 15 is 0 Å². The molecule has 0 saturated carbocycles. The molecule has 0 spiro atoms. The van der Waals surface area contributed by atoms with Gasteiger partial charge in [0.15, 0.2) is 0 Å². The van der Waals surface area contributed by atoms with Crippen molar-refractivity contribution < 1.29 is 0 Å². The number of pyridine rings is 1. The van der Waals surface area contributed by atoms with Crippen LogP contribution >= 0.6 is 0 Å². The molecule has 1 aliphatic heterocycles.